The lowest BCUT2D eigenvalue weighted by Gasteiger charge is -2.10. The number of hydrogen-bond donors (Lipinski definition) is 0. The predicted octanol–water partition coefficient (Wildman–Crippen LogP) is 11.9. The van der Waals surface area contributed by atoms with Crippen molar-refractivity contribution in [1.29, 1.82) is 0 Å². The molecule has 0 saturated heterocycles. The summed E-state index contributed by atoms with van der Waals surface area (Å²) in [6, 6.07) is 42.7. The van der Waals surface area contributed by atoms with Gasteiger partial charge in [-0.05, 0) is 42.5 Å². The second kappa shape index (κ2) is 7.70. The van der Waals surface area contributed by atoms with Crippen LogP contribution in [0.5, 0.6) is 0 Å². The van der Waals surface area contributed by atoms with E-state index in [0.29, 0.717) is 0 Å². The fourth-order valence-electron chi connectivity index (χ4n) is 6.74. The quantitative estimate of drug-likeness (QED) is 0.188. The second-order valence-electron chi connectivity index (χ2n) is 10.5. The largest absolute Gasteiger partial charge is 0.308 e. The first-order valence-electron chi connectivity index (χ1n) is 13.4. The molecule has 0 spiro atoms. The van der Waals surface area contributed by atoms with Crippen molar-refractivity contribution in [3.05, 3.63) is 115 Å². The van der Waals surface area contributed by atoms with Crippen LogP contribution in [0.2, 0.25) is 0 Å². The summed E-state index contributed by atoms with van der Waals surface area (Å²) in [5, 5.41) is 10.9. The first-order chi connectivity index (χ1) is 19.8. The molecule has 0 atom stereocenters. The van der Waals surface area contributed by atoms with Crippen LogP contribution in [-0.2, 0) is 0 Å². The molecular weight excluding hydrogens is 543 g/mol. The summed E-state index contributed by atoms with van der Waals surface area (Å²) in [4.78, 5) is 0. The molecule has 6 aromatic carbocycles. The molecule has 4 aromatic heterocycles. The van der Waals surface area contributed by atoms with Gasteiger partial charge in [-0.2, -0.15) is 0 Å². The Morgan fingerprint density at radius 3 is 1.70 bits per heavy atom. The Morgan fingerprint density at radius 1 is 0.400 bits per heavy atom. The van der Waals surface area contributed by atoms with Crippen LogP contribution < -0.4 is 0 Å². The minimum atomic E-state index is 1.22. The van der Waals surface area contributed by atoms with E-state index in [1.807, 2.05) is 34.0 Å². The number of rotatable bonds is 1. The highest BCUT2D eigenvalue weighted by Gasteiger charge is 2.24. The van der Waals surface area contributed by atoms with Crippen molar-refractivity contribution in [2.45, 2.75) is 0 Å². The molecule has 4 heterocycles. The fourth-order valence-corrected chi connectivity index (χ4v) is 10.3. The van der Waals surface area contributed by atoms with E-state index in [1.54, 1.807) is 0 Å². The Balaban J connectivity index is 1.49. The summed E-state index contributed by atoms with van der Waals surface area (Å²) < 4.78 is 10.7. The van der Waals surface area contributed by atoms with Gasteiger partial charge in [-0.25, -0.2) is 0 Å². The Kier molecular flexibility index (Phi) is 4.16. The topological polar surface area (TPSA) is 4.93 Å². The lowest BCUT2D eigenvalue weighted by atomic mass is 10.0. The van der Waals surface area contributed by atoms with Gasteiger partial charge in [-0.1, -0.05) is 72.8 Å². The molecule has 0 amide bonds. The maximum absolute atomic E-state index is 2.54. The highest BCUT2D eigenvalue weighted by molar-refractivity contribution is 7.29. The van der Waals surface area contributed by atoms with E-state index in [2.05, 4.69) is 120 Å². The van der Waals surface area contributed by atoms with Crippen LogP contribution in [0.25, 0.3) is 88.0 Å². The van der Waals surface area contributed by atoms with Crippen LogP contribution in [0.3, 0.4) is 0 Å². The molecule has 186 valence electrons. The van der Waals surface area contributed by atoms with Crippen LogP contribution in [0.4, 0.5) is 0 Å². The van der Waals surface area contributed by atoms with Crippen LogP contribution >= 0.6 is 34.0 Å². The maximum Gasteiger partial charge on any atom is 0.0734 e. The SMILES string of the molecule is c1ccc2c(c1)sc1ccc(-n3c4ccccc4c4c5sc6ccccc6c5c5c6ccccc6sc5c43)cc12. The van der Waals surface area contributed by atoms with E-state index in [9.17, 15) is 0 Å². The van der Waals surface area contributed by atoms with Crippen molar-refractivity contribution in [1.82, 2.24) is 4.57 Å². The van der Waals surface area contributed by atoms with Crippen molar-refractivity contribution in [3.8, 4) is 5.69 Å². The van der Waals surface area contributed by atoms with Crippen molar-refractivity contribution in [2.75, 3.05) is 0 Å². The monoisotopic (exact) mass is 561 g/mol. The summed E-state index contributed by atoms with van der Waals surface area (Å²) in [6.07, 6.45) is 0. The maximum atomic E-state index is 2.54. The molecule has 0 radical (unpaired) electrons. The third-order valence-electron chi connectivity index (χ3n) is 8.38. The summed E-state index contributed by atoms with van der Waals surface area (Å²) in [5.41, 5.74) is 3.82. The van der Waals surface area contributed by atoms with E-state index in [-0.39, 0.29) is 0 Å². The number of benzene rings is 6. The molecule has 0 unspecified atom stereocenters. The summed E-state index contributed by atoms with van der Waals surface area (Å²) in [7, 11) is 0. The first-order valence-corrected chi connectivity index (χ1v) is 15.9. The second-order valence-corrected chi connectivity index (χ2v) is 13.6. The molecule has 0 aliphatic rings. The average Bonchev–Trinajstić information content (AvgIpc) is 3.75. The van der Waals surface area contributed by atoms with Crippen LogP contribution in [0, 0.1) is 0 Å². The zero-order chi connectivity index (χ0) is 25.9. The third-order valence-corrected chi connectivity index (χ3v) is 11.9. The van der Waals surface area contributed by atoms with E-state index in [0.717, 1.165) is 0 Å². The number of nitrogens with zero attached hydrogens (tertiary/aromatic N) is 1. The zero-order valence-electron chi connectivity index (χ0n) is 21.1. The van der Waals surface area contributed by atoms with Crippen LogP contribution in [-0.4, -0.2) is 4.57 Å². The van der Waals surface area contributed by atoms with Gasteiger partial charge in [0.15, 0.2) is 0 Å². The molecule has 0 bridgehead atoms. The number of thiophene rings is 3. The molecule has 10 aromatic rings. The Hall–Kier alpha value is -4.22. The first kappa shape index (κ1) is 21.6. The van der Waals surface area contributed by atoms with Gasteiger partial charge in [0, 0.05) is 72.3 Å². The predicted molar refractivity (Wildman–Crippen MR) is 179 cm³/mol. The fraction of sp³-hybridized carbons (Fsp3) is 0. The van der Waals surface area contributed by atoms with Crippen molar-refractivity contribution in [3.63, 3.8) is 0 Å². The lowest BCUT2D eigenvalue weighted by Crippen LogP contribution is -1.93. The third kappa shape index (κ3) is 2.66. The van der Waals surface area contributed by atoms with Crippen LogP contribution in [0.15, 0.2) is 115 Å². The highest BCUT2D eigenvalue weighted by Crippen LogP contribution is 2.52. The summed E-state index contributed by atoms with van der Waals surface area (Å²) in [5.74, 6) is 0. The molecule has 0 aliphatic heterocycles. The van der Waals surface area contributed by atoms with Gasteiger partial charge in [0.2, 0.25) is 0 Å². The Morgan fingerprint density at radius 2 is 0.950 bits per heavy atom. The van der Waals surface area contributed by atoms with E-state index in [4.69, 9.17) is 0 Å². The summed E-state index contributed by atoms with van der Waals surface area (Å²) >= 11 is 5.75. The lowest BCUT2D eigenvalue weighted by molar-refractivity contribution is 1.20. The van der Waals surface area contributed by atoms with Gasteiger partial charge in [0.1, 0.15) is 0 Å². The van der Waals surface area contributed by atoms with Gasteiger partial charge in [0.25, 0.3) is 0 Å². The van der Waals surface area contributed by atoms with E-state index in [1.165, 1.54) is 88.0 Å². The van der Waals surface area contributed by atoms with Gasteiger partial charge in [0.05, 0.1) is 15.7 Å². The van der Waals surface area contributed by atoms with Crippen molar-refractivity contribution >= 4 is 116 Å². The standard InChI is InChI=1S/C36H19NS3/c1-5-13-26-22(10-1)33-34(37(26)20-17-18-30-25(19-20)21-9-2-6-14-27(21)38-30)36-32(24-12-4-8-16-29(24)40-36)31-23-11-3-7-15-28(23)39-35(31)33/h1-19H. The smallest absolute Gasteiger partial charge is 0.0734 e. The number of para-hydroxylation sites is 1. The van der Waals surface area contributed by atoms with Crippen molar-refractivity contribution in [2.24, 2.45) is 0 Å². The number of hydrogen-bond acceptors (Lipinski definition) is 3. The minimum Gasteiger partial charge on any atom is -0.308 e. The minimum absolute atomic E-state index is 1.22. The zero-order valence-corrected chi connectivity index (χ0v) is 23.6. The molecule has 0 aliphatic carbocycles. The van der Waals surface area contributed by atoms with E-state index < -0.39 is 0 Å². The molecule has 4 heteroatoms. The molecule has 0 saturated carbocycles. The normalized spacial score (nSPS) is 12.5. The van der Waals surface area contributed by atoms with E-state index >= 15 is 0 Å². The summed E-state index contributed by atoms with van der Waals surface area (Å²) in [6.45, 7) is 0. The molecular formula is C36H19NS3. The van der Waals surface area contributed by atoms with Gasteiger partial charge in [-0.3, -0.25) is 0 Å². The molecule has 10 rings (SSSR count). The molecule has 0 fully saturated rings. The van der Waals surface area contributed by atoms with Gasteiger partial charge in [-0.15, -0.1) is 34.0 Å². The number of aromatic nitrogens is 1. The highest BCUT2D eigenvalue weighted by atomic mass is 32.1. The number of fused-ring (bicyclic) bond motifs is 15. The molecule has 40 heavy (non-hydrogen) atoms. The van der Waals surface area contributed by atoms with Crippen LogP contribution in [0.1, 0.15) is 0 Å². The average molecular weight is 562 g/mol. The Bertz CT molecular complexity index is 2660. The molecule has 0 N–H and O–H groups in total. The Labute approximate surface area is 240 Å². The molecule has 1 nitrogen and oxygen atoms in total. The van der Waals surface area contributed by atoms with Crippen molar-refractivity contribution < 1.29 is 0 Å². The van der Waals surface area contributed by atoms with Gasteiger partial charge >= 0.3 is 0 Å². The van der Waals surface area contributed by atoms with Gasteiger partial charge < -0.3 is 4.57 Å².